The van der Waals surface area contributed by atoms with Gasteiger partial charge in [0.2, 0.25) is 5.65 Å². The van der Waals surface area contributed by atoms with E-state index in [4.69, 9.17) is 28.9 Å². The molecule has 1 aromatic carbocycles. The van der Waals surface area contributed by atoms with Gasteiger partial charge in [0.25, 0.3) is 0 Å². The van der Waals surface area contributed by atoms with Crippen LogP contribution in [0.15, 0.2) is 24.4 Å². The van der Waals surface area contributed by atoms with Crippen LogP contribution in [0.25, 0.3) is 22.4 Å². The first-order valence-electron chi connectivity index (χ1n) is 9.79. The average Bonchev–Trinajstić information content (AvgIpc) is 3.27. The lowest BCUT2D eigenvalue weighted by Crippen LogP contribution is -2.49. The van der Waals surface area contributed by atoms with E-state index in [-0.39, 0.29) is 11.5 Å². The molecule has 5 rings (SSSR count). The van der Waals surface area contributed by atoms with E-state index in [9.17, 15) is 4.39 Å². The molecule has 3 aromatic rings. The summed E-state index contributed by atoms with van der Waals surface area (Å²) < 4.78 is 13.9. The number of aromatic amines is 1. The first kappa shape index (κ1) is 19.0. The molecular weight excluding hydrogens is 414 g/mol. The predicted octanol–water partition coefficient (Wildman–Crippen LogP) is 4.37. The summed E-state index contributed by atoms with van der Waals surface area (Å²) in [6.07, 6.45) is 4.07. The largest absolute Gasteiger partial charge is 0.355 e. The number of piperidine rings is 1. The lowest BCUT2D eigenvalue weighted by atomic mass is 9.74. The molecule has 1 saturated carbocycles. The van der Waals surface area contributed by atoms with Gasteiger partial charge in [-0.25, -0.2) is 14.4 Å². The molecule has 0 radical (unpaired) electrons. The number of halogens is 3. The van der Waals surface area contributed by atoms with Crippen molar-refractivity contribution in [3.05, 3.63) is 34.4 Å². The van der Waals surface area contributed by atoms with Crippen molar-refractivity contribution in [2.45, 2.75) is 37.9 Å². The second-order valence-corrected chi connectivity index (χ2v) is 8.82. The SMILES string of the molecule is N[C@@H]1[C@@H](F)CCC12CCN(c1cnc3c(-c4cccc(Cl)c4Cl)[nH]nc3n1)CC2. The zero-order chi connectivity index (χ0) is 20.2. The van der Waals surface area contributed by atoms with E-state index in [0.29, 0.717) is 33.3 Å². The van der Waals surface area contributed by atoms with Crippen molar-refractivity contribution in [1.29, 1.82) is 0 Å². The maximum atomic E-state index is 13.9. The molecule has 1 saturated heterocycles. The predicted molar refractivity (Wildman–Crippen MR) is 113 cm³/mol. The van der Waals surface area contributed by atoms with Crippen LogP contribution >= 0.6 is 23.2 Å². The summed E-state index contributed by atoms with van der Waals surface area (Å²) in [5.74, 6) is 0.769. The van der Waals surface area contributed by atoms with Crippen LogP contribution in [0.1, 0.15) is 25.7 Å². The molecule has 0 unspecified atom stereocenters. The van der Waals surface area contributed by atoms with E-state index in [2.05, 4.69) is 25.1 Å². The van der Waals surface area contributed by atoms with Crippen LogP contribution in [0.5, 0.6) is 0 Å². The molecule has 2 aliphatic rings. The van der Waals surface area contributed by atoms with Gasteiger partial charge in [0, 0.05) is 24.7 Å². The van der Waals surface area contributed by atoms with Crippen molar-refractivity contribution in [2.24, 2.45) is 11.1 Å². The highest BCUT2D eigenvalue weighted by Gasteiger charge is 2.48. The summed E-state index contributed by atoms with van der Waals surface area (Å²) in [4.78, 5) is 11.5. The standard InChI is InChI=1S/C20H21Cl2FN6/c21-12-3-1-2-11(15(12)22)16-17-19(28-27-16)26-14(10-25-17)29-8-6-20(7-9-29)5-4-13(23)18(20)24/h1-3,10,13,18H,4-9,24H2,(H,26,27,28)/t13-,18+/m0/s1. The van der Waals surface area contributed by atoms with Crippen molar-refractivity contribution in [3.63, 3.8) is 0 Å². The number of aromatic nitrogens is 4. The van der Waals surface area contributed by atoms with E-state index in [1.54, 1.807) is 12.3 Å². The molecule has 6 nitrogen and oxygen atoms in total. The van der Waals surface area contributed by atoms with Crippen LogP contribution in [0, 0.1) is 5.41 Å². The summed E-state index contributed by atoms with van der Waals surface area (Å²) in [5.41, 5.74) is 8.69. The smallest absolute Gasteiger partial charge is 0.202 e. The molecule has 29 heavy (non-hydrogen) atoms. The third kappa shape index (κ3) is 3.07. The third-order valence-electron chi connectivity index (χ3n) is 6.57. The highest BCUT2D eigenvalue weighted by Crippen LogP contribution is 2.47. The summed E-state index contributed by atoms with van der Waals surface area (Å²) in [7, 11) is 0. The van der Waals surface area contributed by atoms with Crippen LogP contribution < -0.4 is 10.6 Å². The number of fused-ring (bicyclic) bond motifs is 1. The number of benzene rings is 1. The Morgan fingerprint density at radius 2 is 2.00 bits per heavy atom. The van der Waals surface area contributed by atoms with E-state index in [1.165, 1.54) is 0 Å². The van der Waals surface area contributed by atoms with Gasteiger partial charge in [0.05, 0.1) is 21.9 Å². The molecule has 9 heteroatoms. The Morgan fingerprint density at radius 3 is 2.72 bits per heavy atom. The topological polar surface area (TPSA) is 83.7 Å². The average molecular weight is 435 g/mol. The summed E-state index contributed by atoms with van der Waals surface area (Å²) in [6.45, 7) is 1.58. The van der Waals surface area contributed by atoms with Crippen LogP contribution in [0.3, 0.4) is 0 Å². The van der Waals surface area contributed by atoms with Crippen molar-refractivity contribution in [2.75, 3.05) is 18.0 Å². The second kappa shape index (κ2) is 7.07. The zero-order valence-corrected chi connectivity index (χ0v) is 17.2. The maximum absolute atomic E-state index is 13.9. The van der Waals surface area contributed by atoms with Gasteiger partial charge in [-0.2, -0.15) is 5.10 Å². The Morgan fingerprint density at radius 1 is 1.21 bits per heavy atom. The first-order chi connectivity index (χ1) is 14.0. The first-order valence-corrected chi connectivity index (χ1v) is 10.5. The Hall–Kier alpha value is -1.96. The molecule has 3 N–H and O–H groups in total. The van der Waals surface area contributed by atoms with Crippen LogP contribution in [0.2, 0.25) is 10.0 Å². The van der Waals surface area contributed by atoms with Gasteiger partial charge >= 0.3 is 0 Å². The van der Waals surface area contributed by atoms with Gasteiger partial charge in [0.15, 0.2) is 0 Å². The van der Waals surface area contributed by atoms with Crippen molar-refractivity contribution in [1.82, 2.24) is 20.2 Å². The van der Waals surface area contributed by atoms with Crippen molar-refractivity contribution in [3.8, 4) is 11.3 Å². The number of anilines is 1. The van der Waals surface area contributed by atoms with Gasteiger partial charge in [-0.15, -0.1) is 0 Å². The number of alkyl halides is 1. The fourth-order valence-corrected chi connectivity index (χ4v) is 5.14. The normalized spacial score (nSPS) is 23.9. The molecule has 0 bridgehead atoms. The lowest BCUT2D eigenvalue weighted by molar-refractivity contribution is 0.167. The molecular formula is C20H21Cl2FN6. The van der Waals surface area contributed by atoms with Crippen LogP contribution in [-0.4, -0.2) is 45.5 Å². The van der Waals surface area contributed by atoms with Crippen LogP contribution in [0.4, 0.5) is 10.2 Å². The highest BCUT2D eigenvalue weighted by atomic mass is 35.5. The Kier molecular flexibility index (Phi) is 4.64. The lowest BCUT2D eigenvalue weighted by Gasteiger charge is -2.42. The number of hydrogen-bond donors (Lipinski definition) is 2. The van der Waals surface area contributed by atoms with E-state index < -0.39 is 6.17 Å². The van der Waals surface area contributed by atoms with Crippen molar-refractivity contribution >= 4 is 40.2 Å². The maximum Gasteiger partial charge on any atom is 0.202 e. The Balaban J connectivity index is 1.40. The van der Waals surface area contributed by atoms with Gasteiger partial charge in [0.1, 0.15) is 17.5 Å². The minimum Gasteiger partial charge on any atom is -0.355 e. The van der Waals surface area contributed by atoms with Crippen molar-refractivity contribution < 1.29 is 4.39 Å². The molecule has 3 heterocycles. The van der Waals surface area contributed by atoms with Gasteiger partial charge < -0.3 is 10.6 Å². The summed E-state index contributed by atoms with van der Waals surface area (Å²) >= 11 is 12.5. The summed E-state index contributed by atoms with van der Waals surface area (Å²) in [6, 6.07) is 5.08. The van der Waals surface area contributed by atoms with Gasteiger partial charge in [-0.1, -0.05) is 35.3 Å². The monoisotopic (exact) mass is 434 g/mol. The highest BCUT2D eigenvalue weighted by molar-refractivity contribution is 6.43. The quantitative estimate of drug-likeness (QED) is 0.625. The molecule has 1 aliphatic heterocycles. The van der Waals surface area contributed by atoms with Gasteiger partial charge in [-0.05, 0) is 37.2 Å². The fraction of sp³-hybridized carbons (Fsp3) is 0.450. The van der Waals surface area contributed by atoms with Gasteiger partial charge in [-0.3, -0.25) is 5.10 Å². The Bertz CT molecular complexity index is 1060. The number of nitrogens with one attached hydrogen (secondary N) is 1. The number of rotatable bonds is 2. The summed E-state index contributed by atoms with van der Waals surface area (Å²) in [5, 5.41) is 8.22. The number of H-pyrrole nitrogens is 1. The minimum atomic E-state index is -0.876. The number of nitrogens with two attached hydrogens (primary N) is 1. The number of hydrogen-bond acceptors (Lipinski definition) is 5. The van der Waals surface area contributed by atoms with E-state index in [0.717, 1.165) is 43.7 Å². The minimum absolute atomic E-state index is 0.0731. The molecule has 2 fully saturated rings. The molecule has 0 amide bonds. The van der Waals surface area contributed by atoms with Crippen LogP contribution in [-0.2, 0) is 0 Å². The molecule has 1 spiro atoms. The zero-order valence-electron chi connectivity index (χ0n) is 15.7. The van der Waals surface area contributed by atoms with E-state index >= 15 is 0 Å². The molecule has 2 aromatic heterocycles. The third-order valence-corrected chi connectivity index (χ3v) is 7.39. The molecule has 2 atom stereocenters. The number of nitrogens with zero attached hydrogens (tertiary/aromatic N) is 4. The second-order valence-electron chi connectivity index (χ2n) is 8.03. The van der Waals surface area contributed by atoms with E-state index in [1.807, 2.05) is 12.1 Å². The Labute approximate surface area is 177 Å². The molecule has 1 aliphatic carbocycles. The molecule has 152 valence electrons. The fourth-order valence-electron chi connectivity index (χ4n) is 4.74.